The van der Waals surface area contributed by atoms with Crippen LogP contribution >= 0.6 is 11.6 Å². The number of alkyl halides is 2. The average molecular weight is 355 g/mol. The van der Waals surface area contributed by atoms with Gasteiger partial charge in [-0.05, 0) is 31.0 Å². The molecule has 1 aromatic carbocycles. The number of likely N-dealkylation sites (tertiary alicyclic amines) is 1. The third-order valence-corrected chi connectivity index (χ3v) is 4.24. The van der Waals surface area contributed by atoms with Crippen molar-refractivity contribution in [3.8, 4) is 0 Å². The Kier molecular flexibility index (Phi) is 4.99. The molecule has 128 valence electrons. The molecule has 5 nitrogen and oxygen atoms in total. The van der Waals surface area contributed by atoms with E-state index in [2.05, 4.69) is 10.3 Å². The number of carbonyl (C=O) groups excluding carboxylic acids is 1. The van der Waals surface area contributed by atoms with E-state index in [1.165, 1.54) is 12.4 Å². The van der Waals surface area contributed by atoms with E-state index in [9.17, 15) is 13.6 Å². The molecule has 0 aliphatic carbocycles. The van der Waals surface area contributed by atoms with Crippen molar-refractivity contribution in [2.24, 2.45) is 0 Å². The lowest BCUT2D eigenvalue weighted by molar-refractivity contribution is 0.0672. The van der Waals surface area contributed by atoms with Gasteiger partial charge in [0, 0.05) is 36.2 Å². The van der Waals surface area contributed by atoms with E-state index in [0.29, 0.717) is 16.3 Å². The first kappa shape index (κ1) is 16.7. The molecule has 0 saturated carbocycles. The standard InChI is InChI=1S/C16H17ClF2N4O/c17-11-3-4-13(12(9-11)15(24)22-6-1-2-7-22)21-10-14-20-5-8-23(14)16(18)19/h3-5,8-9,16,21H,1-2,6-7,10H2. The zero-order valence-corrected chi connectivity index (χ0v) is 13.6. The van der Waals surface area contributed by atoms with Crippen LogP contribution in [0.15, 0.2) is 30.6 Å². The highest BCUT2D eigenvalue weighted by Crippen LogP contribution is 2.25. The lowest BCUT2D eigenvalue weighted by Crippen LogP contribution is -2.28. The van der Waals surface area contributed by atoms with E-state index in [1.54, 1.807) is 23.1 Å². The SMILES string of the molecule is O=C(c1cc(Cl)ccc1NCc1nccn1C(F)F)N1CCCC1. The van der Waals surface area contributed by atoms with Gasteiger partial charge in [-0.2, -0.15) is 8.78 Å². The quantitative estimate of drug-likeness (QED) is 0.889. The van der Waals surface area contributed by atoms with E-state index in [-0.39, 0.29) is 18.3 Å². The molecule has 2 heterocycles. The Morgan fingerprint density at radius 3 is 2.79 bits per heavy atom. The fourth-order valence-corrected chi connectivity index (χ4v) is 2.94. The number of hydrogen-bond acceptors (Lipinski definition) is 3. The molecule has 0 radical (unpaired) electrons. The number of imidazole rings is 1. The lowest BCUT2D eigenvalue weighted by Gasteiger charge is -2.18. The van der Waals surface area contributed by atoms with Crippen LogP contribution in [-0.4, -0.2) is 33.4 Å². The van der Waals surface area contributed by atoms with Gasteiger partial charge in [0.2, 0.25) is 0 Å². The van der Waals surface area contributed by atoms with Crippen molar-refractivity contribution in [3.05, 3.63) is 47.0 Å². The van der Waals surface area contributed by atoms with E-state index in [4.69, 9.17) is 11.6 Å². The van der Waals surface area contributed by atoms with Gasteiger partial charge >= 0.3 is 6.55 Å². The Bertz CT molecular complexity index is 729. The van der Waals surface area contributed by atoms with Crippen LogP contribution in [0.4, 0.5) is 14.5 Å². The monoisotopic (exact) mass is 354 g/mol. The van der Waals surface area contributed by atoms with Crippen LogP contribution in [0, 0.1) is 0 Å². The second-order valence-electron chi connectivity index (χ2n) is 5.57. The van der Waals surface area contributed by atoms with Crippen LogP contribution in [0.5, 0.6) is 0 Å². The minimum atomic E-state index is -2.65. The fraction of sp³-hybridized carbons (Fsp3) is 0.375. The summed E-state index contributed by atoms with van der Waals surface area (Å²) in [5.41, 5.74) is 1.000. The molecule has 1 N–H and O–H groups in total. The molecule has 0 unspecified atom stereocenters. The number of anilines is 1. The van der Waals surface area contributed by atoms with Gasteiger partial charge in [-0.15, -0.1) is 0 Å². The lowest BCUT2D eigenvalue weighted by atomic mass is 10.1. The number of nitrogens with one attached hydrogen (secondary N) is 1. The molecule has 8 heteroatoms. The number of nitrogens with zero attached hydrogens (tertiary/aromatic N) is 3. The van der Waals surface area contributed by atoms with Gasteiger partial charge in [0.15, 0.2) is 0 Å². The van der Waals surface area contributed by atoms with Crippen molar-refractivity contribution in [3.63, 3.8) is 0 Å². The summed E-state index contributed by atoms with van der Waals surface area (Å²) in [6, 6.07) is 4.94. The maximum Gasteiger partial charge on any atom is 0.319 e. The number of rotatable bonds is 5. The number of amides is 1. The van der Waals surface area contributed by atoms with E-state index in [0.717, 1.165) is 30.5 Å². The van der Waals surface area contributed by atoms with Crippen molar-refractivity contribution in [2.75, 3.05) is 18.4 Å². The molecule has 1 fully saturated rings. The highest BCUT2D eigenvalue weighted by molar-refractivity contribution is 6.31. The van der Waals surface area contributed by atoms with Crippen LogP contribution in [-0.2, 0) is 6.54 Å². The van der Waals surface area contributed by atoms with Crippen molar-refractivity contribution in [2.45, 2.75) is 25.9 Å². The summed E-state index contributed by atoms with van der Waals surface area (Å²) in [7, 11) is 0. The highest BCUT2D eigenvalue weighted by atomic mass is 35.5. The third kappa shape index (κ3) is 3.51. The molecule has 1 aliphatic heterocycles. The molecule has 2 aromatic rings. The highest BCUT2D eigenvalue weighted by Gasteiger charge is 2.22. The van der Waals surface area contributed by atoms with Crippen molar-refractivity contribution >= 4 is 23.2 Å². The first-order valence-electron chi connectivity index (χ1n) is 7.69. The first-order valence-corrected chi connectivity index (χ1v) is 8.06. The number of carbonyl (C=O) groups is 1. The zero-order chi connectivity index (χ0) is 17.1. The fourth-order valence-electron chi connectivity index (χ4n) is 2.77. The maximum atomic E-state index is 12.9. The Morgan fingerprint density at radius 2 is 2.08 bits per heavy atom. The zero-order valence-electron chi connectivity index (χ0n) is 12.9. The second-order valence-corrected chi connectivity index (χ2v) is 6.01. The third-order valence-electron chi connectivity index (χ3n) is 4.00. The van der Waals surface area contributed by atoms with Crippen LogP contribution in [0.2, 0.25) is 5.02 Å². The van der Waals surface area contributed by atoms with Crippen LogP contribution in [0.1, 0.15) is 35.6 Å². The van der Waals surface area contributed by atoms with Gasteiger partial charge in [0.05, 0.1) is 12.1 Å². The van der Waals surface area contributed by atoms with Gasteiger partial charge in [-0.3, -0.25) is 9.36 Å². The molecule has 1 amide bonds. The minimum Gasteiger partial charge on any atom is -0.377 e. The maximum absolute atomic E-state index is 12.9. The first-order chi connectivity index (χ1) is 11.6. The summed E-state index contributed by atoms with van der Waals surface area (Å²) < 4.78 is 26.5. The van der Waals surface area contributed by atoms with E-state index >= 15 is 0 Å². The molecule has 0 bridgehead atoms. The van der Waals surface area contributed by atoms with Gasteiger partial charge in [-0.1, -0.05) is 11.6 Å². The largest absolute Gasteiger partial charge is 0.377 e. The molecule has 0 spiro atoms. The van der Waals surface area contributed by atoms with E-state index < -0.39 is 6.55 Å². The molecule has 24 heavy (non-hydrogen) atoms. The van der Waals surface area contributed by atoms with Gasteiger partial charge in [0.1, 0.15) is 5.82 Å². The molecule has 3 rings (SSSR count). The predicted molar refractivity (Wildman–Crippen MR) is 87.4 cm³/mol. The summed E-state index contributed by atoms with van der Waals surface area (Å²) in [4.78, 5) is 18.3. The van der Waals surface area contributed by atoms with Gasteiger partial charge < -0.3 is 10.2 Å². The Balaban J connectivity index is 1.80. The second kappa shape index (κ2) is 7.17. The van der Waals surface area contributed by atoms with Gasteiger partial charge in [0.25, 0.3) is 5.91 Å². The number of halogens is 3. The van der Waals surface area contributed by atoms with Gasteiger partial charge in [-0.25, -0.2) is 4.98 Å². The summed E-state index contributed by atoms with van der Waals surface area (Å²) >= 11 is 6.02. The molecular formula is C16H17ClF2N4O. The average Bonchev–Trinajstić information content (AvgIpc) is 3.24. The van der Waals surface area contributed by atoms with Crippen molar-refractivity contribution in [1.29, 1.82) is 0 Å². The Labute approximate surface area is 143 Å². The molecule has 1 aromatic heterocycles. The summed E-state index contributed by atoms with van der Waals surface area (Å²) in [5.74, 6) is 0.0919. The van der Waals surface area contributed by atoms with Crippen molar-refractivity contribution in [1.82, 2.24) is 14.5 Å². The molecular weight excluding hydrogens is 338 g/mol. The van der Waals surface area contributed by atoms with Crippen LogP contribution < -0.4 is 5.32 Å². The summed E-state index contributed by atoms with van der Waals surface area (Å²) in [5, 5.41) is 3.48. The number of benzene rings is 1. The number of aromatic nitrogens is 2. The Hall–Kier alpha value is -2.15. The normalized spacial score (nSPS) is 14.4. The Morgan fingerprint density at radius 1 is 1.33 bits per heavy atom. The molecule has 0 atom stereocenters. The number of hydrogen-bond donors (Lipinski definition) is 1. The molecule has 1 aliphatic rings. The van der Waals surface area contributed by atoms with Crippen LogP contribution in [0.3, 0.4) is 0 Å². The van der Waals surface area contributed by atoms with Crippen molar-refractivity contribution < 1.29 is 13.6 Å². The predicted octanol–water partition coefficient (Wildman–Crippen LogP) is 3.78. The topological polar surface area (TPSA) is 50.2 Å². The minimum absolute atomic E-state index is 0.0826. The van der Waals surface area contributed by atoms with Crippen LogP contribution in [0.25, 0.3) is 0 Å². The smallest absolute Gasteiger partial charge is 0.319 e. The summed E-state index contributed by atoms with van der Waals surface area (Å²) in [6.45, 7) is -1.12. The molecule has 1 saturated heterocycles. The van der Waals surface area contributed by atoms with E-state index in [1.807, 2.05) is 0 Å². The summed E-state index contributed by atoms with van der Waals surface area (Å²) in [6.07, 6.45) is 4.52.